The SMILES string of the molecule is O=c1cc(C[NH+]([O-])C(CO)c2ccc(O)cc2)nc(N2CCC(C(F)(F)F)C2)[nH]1. The first-order chi connectivity index (χ1) is 13.7. The molecule has 1 aliphatic heterocycles. The van der Waals surface area contributed by atoms with Crippen molar-refractivity contribution in [2.45, 2.75) is 25.2 Å². The number of nitrogens with one attached hydrogen (secondary N) is 2. The van der Waals surface area contributed by atoms with Gasteiger partial charge in [0.1, 0.15) is 24.0 Å². The fraction of sp³-hybridized carbons (Fsp3) is 0.444. The average Bonchev–Trinajstić information content (AvgIpc) is 3.14. The Kier molecular flexibility index (Phi) is 6.10. The van der Waals surface area contributed by atoms with E-state index < -0.39 is 35.4 Å². The zero-order valence-electron chi connectivity index (χ0n) is 15.3. The van der Waals surface area contributed by atoms with Gasteiger partial charge in [-0.3, -0.25) is 9.78 Å². The summed E-state index contributed by atoms with van der Waals surface area (Å²) in [5.41, 5.74) is 0.0350. The zero-order chi connectivity index (χ0) is 21.2. The summed E-state index contributed by atoms with van der Waals surface area (Å²) in [5.74, 6) is -1.48. The normalized spacial score (nSPS) is 19.3. The number of nitrogens with zero attached hydrogens (tertiary/aromatic N) is 2. The number of aromatic hydroxyl groups is 1. The van der Waals surface area contributed by atoms with Crippen LogP contribution in [0, 0.1) is 11.1 Å². The van der Waals surface area contributed by atoms with Crippen molar-refractivity contribution in [2.75, 3.05) is 24.6 Å². The quantitative estimate of drug-likeness (QED) is 0.511. The molecule has 0 spiro atoms. The summed E-state index contributed by atoms with van der Waals surface area (Å²) in [7, 11) is 0. The Morgan fingerprint density at radius 1 is 1.34 bits per heavy atom. The molecule has 1 saturated heterocycles. The van der Waals surface area contributed by atoms with Crippen molar-refractivity contribution < 1.29 is 28.4 Å². The fourth-order valence-electron chi connectivity index (χ4n) is 3.36. The minimum atomic E-state index is -4.32. The summed E-state index contributed by atoms with van der Waals surface area (Å²) in [4.78, 5) is 19.9. The van der Waals surface area contributed by atoms with E-state index in [0.717, 1.165) is 6.07 Å². The number of hydroxylamine groups is 2. The number of aromatic amines is 1. The zero-order valence-corrected chi connectivity index (χ0v) is 15.3. The summed E-state index contributed by atoms with van der Waals surface area (Å²) in [6, 6.07) is 6.03. The molecular formula is C18H21F3N4O4. The number of phenolic OH excluding ortho intramolecular Hbond substituents is 1. The molecule has 2 heterocycles. The van der Waals surface area contributed by atoms with Crippen molar-refractivity contribution in [1.29, 1.82) is 0 Å². The highest BCUT2D eigenvalue weighted by Crippen LogP contribution is 2.34. The van der Waals surface area contributed by atoms with Crippen LogP contribution in [0.3, 0.4) is 0 Å². The number of aromatic nitrogens is 2. The first kappa shape index (κ1) is 21.1. The van der Waals surface area contributed by atoms with Crippen LogP contribution in [0.25, 0.3) is 0 Å². The Bertz CT molecular complexity index is 888. The second kappa shape index (κ2) is 8.39. The summed E-state index contributed by atoms with van der Waals surface area (Å²) in [5, 5.41) is 31.2. The van der Waals surface area contributed by atoms with Crippen molar-refractivity contribution in [3.05, 3.63) is 57.2 Å². The van der Waals surface area contributed by atoms with E-state index in [-0.39, 0.29) is 43.4 Å². The van der Waals surface area contributed by atoms with Crippen LogP contribution in [0.5, 0.6) is 5.75 Å². The number of H-pyrrole nitrogens is 1. The van der Waals surface area contributed by atoms with Gasteiger partial charge in [0.2, 0.25) is 5.95 Å². The minimum absolute atomic E-state index is 0.00256. The molecule has 8 nitrogen and oxygen atoms in total. The van der Waals surface area contributed by atoms with Crippen LogP contribution >= 0.6 is 0 Å². The lowest BCUT2D eigenvalue weighted by atomic mass is 10.1. The van der Waals surface area contributed by atoms with Crippen molar-refractivity contribution in [2.24, 2.45) is 5.92 Å². The molecule has 158 valence electrons. The number of aliphatic hydroxyl groups excluding tert-OH is 1. The molecule has 0 saturated carbocycles. The van der Waals surface area contributed by atoms with Crippen molar-refractivity contribution in [1.82, 2.24) is 9.97 Å². The second-order valence-corrected chi connectivity index (χ2v) is 7.00. The average molecular weight is 414 g/mol. The molecule has 29 heavy (non-hydrogen) atoms. The molecule has 0 radical (unpaired) electrons. The molecule has 4 N–H and O–H groups in total. The van der Waals surface area contributed by atoms with Crippen molar-refractivity contribution in [3.8, 4) is 5.75 Å². The Labute approximate surface area is 163 Å². The number of hydrogen-bond acceptors (Lipinski definition) is 6. The van der Waals surface area contributed by atoms with E-state index in [0.29, 0.717) is 5.56 Å². The lowest BCUT2D eigenvalue weighted by Gasteiger charge is -2.30. The standard InChI is InChI=1S/C18H21F3N4O4/c19-18(20,21)12-5-6-24(8-12)17-22-13(7-16(28)23-17)9-25(29)15(10-26)11-1-3-14(27)4-2-11/h1-4,7,12,15,25-27H,5-6,8-10H2,(H,22,23,28). The molecule has 2 aromatic rings. The Balaban J connectivity index is 1.76. The predicted octanol–water partition coefficient (Wildman–Crippen LogP) is 0.480. The summed E-state index contributed by atoms with van der Waals surface area (Å²) in [6.07, 6.45) is -4.41. The summed E-state index contributed by atoms with van der Waals surface area (Å²) >= 11 is 0. The van der Waals surface area contributed by atoms with Gasteiger partial charge in [-0.1, -0.05) is 0 Å². The second-order valence-electron chi connectivity index (χ2n) is 7.00. The molecule has 1 aromatic heterocycles. The highest BCUT2D eigenvalue weighted by molar-refractivity contribution is 5.32. The number of alkyl halides is 3. The molecule has 3 atom stereocenters. The van der Waals surface area contributed by atoms with E-state index >= 15 is 0 Å². The molecular weight excluding hydrogens is 393 g/mol. The largest absolute Gasteiger partial charge is 0.634 e. The predicted molar refractivity (Wildman–Crippen MR) is 97.2 cm³/mol. The van der Waals surface area contributed by atoms with Crippen LogP contribution in [0.2, 0.25) is 0 Å². The van der Waals surface area contributed by atoms with Gasteiger partial charge in [0, 0.05) is 24.7 Å². The molecule has 1 aromatic carbocycles. The first-order valence-corrected chi connectivity index (χ1v) is 9.01. The third-order valence-corrected chi connectivity index (χ3v) is 4.95. The molecule has 3 rings (SSSR count). The maximum absolute atomic E-state index is 12.9. The van der Waals surface area contributed by atoms with Gasteiger partial charge in [-0.2, -0.15) is 13.2 Å². The number of halogens is 3. The topological polar surface area (TPSA) is 117 Å². The lowest BCUT2D eigenvalue weighted by Crippen LogP contribution is -3.06. The van der Waals surface area contributed by atoms with E-state index in [4.69, 9.17) is 0 Å². The molecule has 3 unspecified atom stereocenters. The van der Waals surface area contributed by atoms with Gasteiger partial charge in [0.25, 0.3) is 5.56 Å². The van der Waals surface area contributed by atoms with Crippen molar-refractivity contribution >= 4 is 5.95 Å². The monoisotopic (exact) mass is 414 g/mol. The molecule has 0 bridgehead atoms. The van der Waals surface area contributed by atoms with Gasteiger partial charge in [0.15, 0.2) is 0 Å². The lowest BCUT2D eigenvalue weighted by molar-refractivity contribution is -0.897. The maximum Gasteiger partial charge on any atom is 0.393 e. The van der Waals surface area contributed by atoms with E-state index in [1.54, 1.807) is 0 Å². The maximum atomic E-state index is 12.9. The van der Waals surface area contributed by atoms with Crippen LogP contribution in [0.15, 0.2) is 35.1 Å². The molecule has 0 amide bonds. The highest BCUT2D eigenvalue weighted by Gasteiger charge is 2.44. The van der Waals surface area contributed by atoms with Crippen LogP contribution in [-0.2, 0) is 6.54 Å². The van der Waals surface area contributed by atoms with E-state index in [2.05, 4.69) is 9.97 Å². The Morgan fingerprint density at radius 2 is 2.03 bits per heavy atom. The molecule has 1 fully saturated rings. The highest BCUT2D eigenvalue weighted by atomic mass is 19.4. The van der Waals surface area contributed by atoms with Gasteiger partial charge in [-0.25, -0.2) is 4.98 Å². The molecule has 1 aliphatic rings. The number of hydrogen-bond donors (Lipinski definition) is 4. The van der Waals surface area contributed by atoms with Crippen LogP contribution in [-0.4, -0.2) is 46.1 Å². The minimum Gasteiger partial charge on any atom is -0.634 e. The van der Waals surface area contributed by atoms with Gasteiger partial charge >= 0.3 is 6.18 Å². The van der Waals surface area contributed by atoms with E-state index in [9.17, 15) is 33.4 Å². The summed E-state index contributed by atoms with van der Waals surface area (Å²) in [6.45, 7) is -0.952. The third-order valence-electron chi connectivity index (χ3n) is 4.95. The number of phenols is 1. The number of benzene rings is 1. The van der Waals surface area contributed by atoms with Gasteiger partial charge in [-0.15, -0.1) is 0 Å². The molecule has 11 heteroatoms. The smallest absolute Gasteiger partial charge is 0.393 e. The van der Waals surface area contributed by atoms with Crippen LogP contribution in [0.1, 0.15) is 23.7 Å². The van der Waals surface area contributed by atoms with Gasteiger partial charge < -0.3 is 25.4 Å². The fourth-order valence-corrected chi connectivity index (χ4v) is 3.36. The number of anilines is 1. The van der Waals surface area contributed by atoms with Crippen LogP contribution < -0.4 is 15.5 Å². The van der Waals surface area contributed by atoms with E-state index in [1.807, 2.05) is 0 Å². The van der Waals surface area contributed by atoms with Gasteiger partial charge in [-0.05, 0) is 30.7 Å². The van der Waals surface area contributed by atoms with Crippen LogP contribution in [0.4, 0.5) is 19.1 Å². The summed E-state index contributed by atoms with van der Waals surface area (Å²) < 4.78 is 38.7. The molecule has 0 aliphatic carbocycles. The number of quaternary nitrogens is 1. The Morgan fingerprint density at radius 3 is 2.62 bits per heavy atom. The number of rotatable bonds is 6. The van der Waals surface area contributed by atoms with Gasteiger partial charge in [0.05, 0.1) is 12.5 Å². The third kappa shape index (κ3) is 5.05. The van der Waals surface area contributed by atoms with Crippen molar-refractivity contribution in [3.63, 3.8) is 0 Å². The number of aliphatic hydroxyl groups is 1. The van der Waals surface area contributed by atoms with E-state index in [1.165, 1.54) is 29.2 Å². The first-order valence-electron chi connectivity index (χ1n) is 9.01. The Hall–Kier alpha value is -2.63.